The molecule has 0 unspecified atom stereocenters. The Morgan fingerprint density at radius 3 is 2.46 bits per heavy atom. The number of aryl methyl sites for hydroxylation is 2. The fourth-order valence-corrected chi connectivity index (χ4v) is 5.45. The molecule has 0 spiro atoms. The van der Waals surface area contributed by atoms with Crippen LogP contribution in [0.2, 0.25) is 0 Å². The molecule has 2 aromatic heterocycles. The van der Waals surface area contributed by atoms with E-state index in [4.69, 9.17) is 0 Å². The van der Waals surface area contributed by atoms with Crippen LogP contribution in [0.3, 0.4) is 0 Å². The smallest absolute Gasteiger partial charge is 0.281 e. The van der Waals surface area contributed by atoms with E-state index in [0.29, 0.717) is 29.7 Å². The van der Waals surface area contributed by atoms with Gasteiger partial charge in [-0.1, -0.05) is 66.2 Å². The third kappa shape index (κ3) is 4.04. The second-order valence-electron chi connectivity index (χ2n) is 9.71. The Morgan fingerprint density at radius 2 is 1.65 bits per heavy atom. The number of hydrogen-bond donors (Lipinski definition) is 0. The normalized spacial score (nSPS) is 14.4. The molecule has 184 valence electrons. The molecule has 6 nitrogen and oxygen atoms in total. The first-order chi connectivity index (χ1) is 18.0. The van der Waals surface area contributed by atoms with Crippen LogP contribution < -0.4 is 11.1 Å². The number of fused-ring (bicyclic) bond motifs is 2. The highest BCUT2D eigenvalue weighted by Crippen LogP contribution is 2.34. The summed E-state index contributed by atoms with van der Waals surface area (Å²) in [4.78, 5) is 31.9. The van der Waals surface area contributed by atoms with Crippen molar-refractivity contribution in [3.63, 3.8) is 0 Å². The van der Waals surface area contributed by atoms with Crippen LogP contribution in [0.4, 0.5) is 5.69 Å². The van der Waals surface area contributed by atoms with E-state index in [0.717, 1.165) is 28.9 Å². The van der Waals surface area contributed by atoms with Gasteiger partial charge in [-0.05, 0) is 49.6 Å². The molecule has 6 rings (SSSR count). The predicted molar refractivity (Wildman–Crippen MR) is 149 cm³/mol. The van der Waals surface area contributed by atoms with Gasteiger partial charge < -0.3 is 4.57 Å². The van der Waals surface area contributed by atoms with Crippen molar-refractivity contribution in [1.82, 2.24) is 13.9 Å². The molecule has 0 saturated carbocycles. The summed E-state index contributed by atoms with van der Waals surface area (Å²) < 4.78 is 5.37. The topological polar surface area (TPSA) is 61.3 Å². The Balaban J connectivity index is 1.46. The van der Waals surface area contributed by atoms with Crippen molar-refractivity contribution in [3.05, 3.63) is 128 Å². The maximum Gasteiger partial charge on any atom is 0.281 e. The average molecular weight is 489 g/mol. The van der Waals surface area contributed by atoms with Gasteiger partial charge in [0.05, 0.1) is 28.8 Å². The summed E-state index contributed by atoms with van der Waals surface area (Å²) in [6, 6.07) is 27.6. The van der Waals surface area contributed by atoms with E-state index in [-0.39, 0.29) is 17.0 Å². The Kier molecular flexibility index (Phi) is 5.72. The summed E-state index contributed by atoms with van der Waals surface area (Å²) in [7, 11) is 0. The molecule has 5 aromatic rings. The molecule has 1 aliphatic heterocycles. The minimum atomic E-state index is -0.118. The number of rotatable bonds is 6. The van der Waals surface area contributed by atoms with Crippen molar-refractivity contribution in [3.8, 4) is 5.69 Å². The number of para-hydroxylation sites is 2. The van der Waals surface area contributed by atoms with Crippen molar-refractivity contribution < 1.29 is 0 Å². The molecular weight excluding hydrogens is 460 g/mol. The van der Waals surface area contributed by atoms with Crippen molar-refractivity contribution in [2.45, 2.75) is 39.3 Å². The van der Waals surface area contributed by atoms with Crippen molar-refractivity contribution >= 4 is 22.8 Å². The monoisotopic (exact) mass is 488 g/mol. The Hall–Kier alpha value is -4.45. The van der Waals surface area contributed by atoms with Crippen molar-refractivity contribution in [1.29, 1.82) is 0 Å². The van der Waals surface area contributed by atoms with Crippen LogP contribution >= 0.6 is 0 Å². The first kappa shape index (κ1) is 23.0. The minimum absolute atomic E-state index is 0.101. The van der Waals surface area contributed by atoms with Gasteiger partial charge in [0, 0.05) is 30.4 Å². The highest BCUT2D eigenvalue weighted by molar-refractivity contribution is 5.82. The lowest BCUT2D eigenvalue weighted by atomic mass is 9.98. The third-order valence-electron chi connectivity index (χ3n) is 7.28. The molecule has 0 saturated heterocycles. The van der Waals surface area contributed by atoms with Gasteiger partial charge in [-0.2, -0.15) is 0 Å². The SMILES string of the molecule is Cc1cccc(Cn2c3cc(=O)n(CC[C@H]4C=Nc5ccccc54)c(C)c3c(=O)n2-c2ccccc2)c1. The highest BCUT2D eigenvalue weighted by Gasteiger charge is 2.22. The summed E-state index contributed by atoms with van der Waals surface area (Å²) in [5.74, 6) is 0.157. The molecule has 0 bridgehead atoms. The molecule has 3 aromatic carbocycles. The van der Waals surface area contributed by atoms with E-state index in [2.05, 4.69) is 30.1 Å². The molecule has 0 amide bonds. The molecule has 1 atom stereocenters. The van der Waals surface area contributed by atoms with E-state index in [1.165, 1.54) is 5.56 Å². The van der Waals surface area contributed by atoms with Crippen LogP contribution in [0.1, 0.15) is 34.7 Å². The second-order valence-corrected chi connectivity index (χ2v) is 9.71. The van der Waals surface area contributed by atoms with Gasteiger partial charge in [0.2, 0.25) is 0 Å². The van der Waals surface area contributed by atoms with Gasteiger partial charge in [-0.25, -0.2) is 4.68 Å². The lowest BCUT2D eigenvalue weighted by molar-refractivity contribution is 0.597. The van der Waals surface area contributed by atoms with Crippen LogP contribution in [-0.2, 0) is 13.1 Å². The zero-order valence-corrected chi connectivity index (χ0v) is 21.0. The molecule has 3 heterocycles. The standard InChI is InChI=1S/C31H28N4O2/c1-21-9-8-10-23(17-21)20-34-28-18-29(36)33(16-15-24-19-32-27-14-7-6-13-26(24)27)22(2)30(28)31(37)35(34)25-11-4-3-5-12-25/h3-14,17-19,24H,15-16,20H2,1-2H3/t24-/m0/s1. The number of benzene rings is 3. The van der Waals surface area contributed by atoms with Crippen LogP contribution in [0.5, 0.6) is 0 Å². The second kappa shape index (κ2) is 9.21. The fourth-order valence-electron chi connectivity index (χ4n) is 5.45. The van der Waals surface area contributed by atoms with Crippen LogP contribution in [0.15, 0.2) is 99.5 Å². The zero-order chi connectivity index (χ0) is 25.5. The lowest BCUT2D eigenvalue weighted by Gasteiger charge is -2.15. The largest absolute Gasteiger partial charge is 0.312 e. The van der Waals surface area contributed by atoms with E-state index >= 15 is 0 Å². The third-order valence-corrected chi connectivity index (χ3v) is 7.28. The first-order valence-electron chi connectivity index (χ1n) is 12.6. The van der Waals surface area contributed by atoms with Gasteiger partial charge in [-0.3, -0.25) is 19.3 Å². The maximum atomic E-state index is 13.9. The van der Waals surface area contributed by atoms with Crippen LogP contribution in [0.25, 0.3) is 16.6 Å². The molecule has 37 heavy (non-hydrogen) atoms. The van der Waals surface area contributed by atoms with Gasteiger partial charge in [0.1, 0.15) is 0 Å². The van der Waals surface area contributed by atoms with E-state index in [9.17, 15) is 9.59 Å². The molecule has 6 heteroatoms. The summed E-state index contributed by atoms with van der Waals surface area (Å²) >= 11 is 0. The summed E-state index contributed by atoms with van der Waals surface area (Å²) in [5, 5.41) is 0.580. The quantitative estimate of drug-likeness (QED) is 0.316. The Morgan fingerprint density at radius 1 is 0.865 bits per heavy atom. The van der Waals surface area contributed by atoms with Crippen molar-refractivity contribution in [2.75, 3.05) is 0 Å². The predicted octanol–water partition coefficient (Wildman–Crippen LogP) is 5.51. The number of pyridine rings is 1. The summed E-state index contributed by atoms with van der Waals surface area (Å²) in [5.41, 5.74) is 6.31. The average Bonchev–Trinajstić information content (AvgIpc) is 3.43. The number of hydrogen-bond acceptors (Lipinski definition) is 3. The Labute approximate surface area is 214 Å². The highest BCUT2D eigenvalue weighted by atomic mass is 16.1. The first-order valence-corrected chi connectivity index (χ1v) is 12.6. The maximum absolute atomic E-state index is 13.9. The number of aliphatic imine (C=N–C) groups is 1. The minimum Gasteiger partial charge on any atom is -0.312 e. The van der Waals surface area contributed by atoms with Crippen LogP contribution in [0, 0.1) is 13.8 Å². The van der Waals surface area contributed by atoms with Crippen LogP contribution in [-0.4, -0.2) is 20.1 Å². The van der Waals surface area contributed by atoms with E-state index in [1.54, 1.807) is 15.3 Å². The summed E-state index contributed by atoms with van der Waals surface area (Å²) in [6.07, 6.45) is 2.70. The Bertz CT molecular complexity index is 1770. The molecule has 0 radical (unpaired) electrons. The lowest BCUT2D eigenvalue weighted by Crippen LogP contribution is -2.24. The molecular formula is C31H28N4O2. The van der Waals surface area contributed by atoms with Gasteiger partial charge in [0.25, 0.3) is 11.1 Å². The van der Waals surface area contributed by atoms with Gasteiger partial charge in [0.15, 0.2) is 0 Å². The fraction of sp³-hybridized carbons (Fsp3) is 0.194. The molecule has 1 aliphatic rings. The van der Waals surface area contributed by atoms with Gasteiger partial charge in [-0.15, -0.1) is 0 Å². The van der Waals surface area contributed by atoms with Crippen molar-refractivity contribution in [2.24, 2.45) is 4.99 Å². The zero-order valence-electron chi connectivity index (χ0n) is 21.0. The van der Waals surface area contributed by atoms with E-state index in [1.807, 2.05) is 78.5 Å². The number of nitrogens with zero attached hydrogens (tertiary/aromatic N) is 4. The van der Waals surface area contributed by atoms with Gasteiger partial charge >= 0.3 is 0 Å². The molecule has 0 fully saturated rings. The van der Waals surface area contributed by atoms with E-state index < -0.39 is 0 Å². The number of aromatic nitrogens is 3. The summed E-state index contributed by atoms with van der Waals surface area (Å²) in [6.45, 7) is 4.93. The molecule has 0 aliphatic carbocycles. The molecule has 0 N–H and O–H groups in total.